The van der Waals surface area contributed by atoms with Gasteiger partial charge in [-0.3, -0.25) is 4.79 Å². The van der Waals surface area contributed by atoms with E-state index in [2.05, 4.69) is 42.0 Å². The lowest BCUT2D eigenvalue weighted by atomic mass is 9.87. The molecule has 3 nitrogen and oxygen atoms in total. The minimum absolute atomic E-state index is 0.0265. The summed E-state index contributed by atoms with van der Waals surface area (Å²) >= 11 is 3.52. The highest BCUT2D eigenvalue weighted by Gasteiger charge is 2.16. The summed E-state index contributed by atoms with van der Waals surface area (Å²) in [6, 6.07) is 11.9. The fourth-order valence-electron chi connectivity index (χ4n) is 2.41. The number of halogens is 1. The van der Waals surface area contributed by atoms with Crippen molar-refractivity contribution in [2.24, 2.45) is 0 Å². The maximum atomic E-state index is 12.2. The third-order valence-electron chi connectivity index (χ3n) is 3.90. The molecule has 0 aliphatic rings. The van der Waals surface area contributed by atoms with Gasteiger partial charge in [0.1, 0.15) is 5.75 Å². The molecular formula is C20H24BrNO2. The maximum Gasteiger partial charge on any atom is 0.262 e. The number of aryl methyl sites for hydroxylation is 2. The molecule has 2 rings (SSSR count). The second-order valence-electron chi connectivity index (χ2n) is 7.00. The number of hydrogen-bond acceptors (Lipinski definition) is 2. The van der Waals surface area contributed by atoms with Crippen molar-refractivity contribution in [2.45, 2.75) is 40.0 Å². The highest BCUT2D eigenvalue weighted by Crippen LogP contribution is 2.31. The zero-order chi connectivity index (χ0) is 17.9. The number of nitrogens with one attached hydrogen (secondary N) is 1. The highest BCUT2D eigenvalue weighted by atomic mass is 79.9. The predicted molar refractivity (Wildman–Crippen MR) is 103 cm³/mol. The lowest BCUT2D eigenvalue weighted by Gasteiger charge is -2.20. The van der Waals surface area contributed by atoms with Gasteiger partial charge in [0.2, 0.25) is 0 Å². The molecular weight excluding hydrogens is 366 g/mol. The van der Waals surface area contributed by atoms with E-state index in [4.69, 9.17) is 4.74 Å². The van der Waals surface area contributed by atoms with Crippen LogP contribution in [0.15, 0.2) is 40.9 Å². The van der Waals surface area contributed by atoms with Crippen molar-refractivity contribution >= 4 is 27.5 Å². The van der Waals surface area contributed by atoms with Crippen LogP contribution in [0.4, 0.5) is 5.69 Å². The van der Waals surface area contributed by atoms with Gasteiger partial charge in [-0.05, 0) is 64.0 Å². The molecule has 0 aromatic heterocycles. The summed E-state index contributed by atoms with van der Waals surface area (Å²) in [5.41, 5.74) is 4.22. The fourth-order valence-corrected chi connectivity index (χ4v) is 2.91. The summed E-state index contributed by atoms with van der Waals surface area (Å²) in [7, 11) is 0. The van der Waals surface area contributed by atoms with E-state index >= 15 is 0 Å². The minimum atomic E-state index is -0.167. The lowest BCUT2D eigenvalue weighted by molar-refractivity contribution is -0.118. The molecule has 0 radical (unpaired) electrons. The van der Waals surface area contributed by atoms with Gasteiger partial charge in [-0.25, -0.2) is 0 Å². The van der Waals surface area contributed by atoms with Crippen LogP contribution < -0.4 is 10.1 Å². The first kappa shape index (κ1) is 18.5. The van der Waals surface area contributed by atoms with Crippen molar-refractivity contribution in [1.82, 2.24) is 0 Å². The smallest absolute Gasteiger partial charge is 0.262 e. The van der Waals surface area contributed by atoms with Crippen molar-refractivity contribution in [3.63, 3.8) is 0 Å². The van der Waals surface area contributed by atoms with Crippen LogP contribution in [0.25, 0.3) is 0 Å². The molecule has 1 amide bonds. The van der Waals surface area contributed by atoms with Crippen molar-refractivity contribution < 1.29 is 9.53 Å². The first-order valence-electron chi connectivity index (χ1n) is 7.97. The molecule has 0 atom stereocenters. The van der Waals surface area contributed by atoms with Crippen molar-refractivity contribution in [3.05, 3.63) is 57.6 Å². The van der Waals surface area contributed by atoms with Gasteiger partial charge in [0.25, 0.3) is 5.91 Å². The van der Waals surface area contributed by atoms with E-state index in [0.717, 1.165) is 21.3 Å². The first-order chi connectivity index (χ1) is 11.2. The van der Waals surface area contributed by atoms with Crippen LogP contribution in [0.2, 0.25) is 0 Å². The summed E-state index contributed by atoms with van der Waals surface area (Å²) in [6.45, 7) is 10.4. The summed E-state index contributed by atoms with van der Waals surface area (Å²) in [5, 5.41) is 2.92. The van der Waals surface area contributed by atoms with Crippen LogP contribution in [-0.2, 0) is 10.2 Å². The van der Waals surface area contributed by atoms with Gasteiger partial charge in [-0.2, -0.15) is 0 Å². The molecule has 0 unspecified atom stereocenters. The number of carbonyl (C=O) groups excluding carboxylic acids is 1. The van der Waals surface area contributed by atoms with Crippen molar-refractivity contribution in [1.29, 1.82) is 0 Å². The number of ether oxygens (including phenoxy) is 1. The van der Waals surface area contributed by atoms with E-state index in [1.807, 2.05) is 50.2 Å². The minimum Gasteiger partial charge on any atom is -0.483 e. The zero-order valence-corrected chi connectivity index (χ0v) is 16.5. The van der Waals surface area contributed by atoms with Crippen LogP contribution in [0, 0.1) is 13.8 Å². The molecule has 0 saturated heterocycles. The molecule has 0 aliphatic heterocycles. The molecule has 0 heterocycles. The Kier molecular flexibility index (Phi) is 5.70. The Labute approximate surface area is 152 Å². The molecule has 2 aromatic carbocycles. The first-order valence-corrected chi connectivity index (χ1v) is 8.76. The van der Waals surface area contributed by atoms with E-state index in [0.29, 0.717) is 5.75 Å². The number of carbonyl (C=O) groups is 1. The average molecular weight is 390 g/mol. The Bertz CT molecular complexity index is 728. The Balaban J connectivity index is 2.02. The summed E-state index contributed by atoms with van der Waals surface area (Å²) in [6.07, 6.45) is 0. The van der Waals surface area contributed by atoms with Crippen LogP contribution in [-0.4, -0.2) is 12.5 Å². The van der Waals surface area contributed by atoms with Gasteiger partial charge in [0, 0.05) is 5.69 Å². The summed E-state index contributed by atoms with van der Waals surface area (Å²) in [4.78, 5) is 12.2. The molecule has 0 bridgehead atoms. The Morgan fingerprint density at radius 2 is 1.75 bits per heavy atom. The monoisotopic (exact) mass is 389 g/mol. The van der Waals surface area contributed by atoms with Crippen LogP contribution >= 0.6 is 15.9 Å². The third-order valence-corrected chi connectivity index (χ3v) is 4.52. The van der Waals surface area contributed by atoms with E-state index in [1.165, 1.54) is 5.56 Å². The molecule has 0 spiro atoms. The molecule has 0 fully saturated rings. The van der Waals surface area contributed by atoms with Gasteiger partial charge in [-0.15, -0.1) is 0 Å². The number of anilines is 1. The normalized spacial score (nSPS) is 11.2. The Hall–Kier alpha value is -1.81. The van der Waals surface area contributed by atoms with Crippen molar-refractivity contribution in [2.75, 3.05) is 11.9 Å². The zero-order valence-electron chi connectivity index (χ0n) is 14.9. The maximum absolute atomic E-state index is 12.2. The second-order valence-corrected chi connectivity index (χ2v) is 7.85. The van der Waals surface area contributed by atoms with Gasteiger partial charge >= 0.3 is 0 Å². The van der Waals surface area contributed by atoms with Gasteiger partial charge in [0.15, 0.2) is 6.61 Å². The third kappa shape index (κ3) is 4.60. The Morgan fingerprint density at radius 3 is 2.29 bits per heavy atom. The topological polar surface area (TPSA) is 38.3 Å². The largest absolute Gasteiger partial charge is 0.483 e. The SMILES string of the molecule is Cc1cccc(C)c1NC(=O)COc1ccc(C(C)(C)C)cc1Br. The number of amides is 1. The van der Waals surface area contributed by atoms with Gasteiger partial charge in [-0.1, -0.05) is 45.0 Å². The molecule has 2 aromatic rings. The van der Waals surface area contributed by atoms with Gasteiger partial charge < -0.3 is 10.1 Å². The standard InChI is InChI=1S/C20H24BrNO2/c1-13-7-6-8-14(2)19(13)22-18(23)12-24-17-10-9-15(11-16(17)21)20(3,4)5/h6-11H,12H2,1-5H3,(H,22,23). The molecule has 4 heteroatoms. The van der Waals surface area contributed by atoms with Gasteiger partial charge in [0.05, 0.1) is 4.47 Å². The number of para-hydroxylation sites is 1. The molecule has 1 N–H and O–H groups in total. The van der Waals surface area contributed by atoms with Crippen LogP contribution in [0.1, 0.15) is 37.5 Å². The second kappa shape index (κ2) is 7.39. The predicted octanol–water partition coefficient (Wildman–Crippen LogP) is 5.38. The Morgan fingerprint density at radius 1 is 1.12 bits per heavy atom. The number of benzene rings is 2. The number of rotatable bonds is 4. The van der Waals surface area contributed by atoms with Crippen LogP contribution in [0.5, 0.6) is 5.75 Å². The molecule has 0 aliphatic carbocycles. The van der Waals surface area contributed by atoms with E-state index in [-0.39, 0.29) is 17.9 Å². The van der Waals surface area contributed by atoms with Crippen molar-refractivity contribution in [3.8, 4) is 5.75 Å². The fraction of sp³-hybridized carbons (Fsp3) is 0.350. The molecule has 128 valence electrons. The van der Waals surface area contributed by atoms with E-state index in [1.54, 1.807) is 0 Å². The van der Waals surface area contributed by atoms with E-state index < -0.39 is 0 Å². The highest BCUT2D eigenvalue weighted by molar-refractivity contribution is 9.10. The summed E-state index contributed by atoms with van der Waals surface area (Å²) in [5.74, 6) is 0.499. The summed E-state index contributed by atoms with van der Waals surface area (Å²) < 4.78 is 6.52. The molecule has 24 heavy (non-hydrogen) atoms. The quantitative estimate of drug-likeness (QED) is 0.761. The van der Waals surface area contributed by atoms with E-state index in [9.17, 15) is 4.79 Å². The lowest BCUT2D eigenvalue weighted by Crippen LogP contribution is -2.21. The molecule has 0 saturated carbocycles. The van der Waals surface area contributed by atoms with Crippen LogP contribution in [0.3, 0.4) is 0 Å². The average Bonchev–Trinajstić information content (AvgIpc) is 2.49. The number of hydrogen-bond donors (Lipinski definition) is 1.